The van der Waals surface area contributed by atoms with Gasteiger partial charge in [0.2, 0.25) is 0 Å². The van der Waals surface area contributed by atoms with Crippen LogP contribution in [0.15, 0.2) is 24.3 Å². The molecule has 3 aliphatic rings. The van der Waals surface area contributed by atoms with Gasteiger partial charge in [0.1, 0.15) is 11.4 Å². The predicted molar refractivity (Wildman–Crippen MR) is 119 cm³/mol. The molecule has 0 radical (unpaired) electrons. The number of carbonyl (C=O) groups excluding carboxylic acids is 1. The van der Waals surface area contributed by atoms with E-state index in [-0.39, 0.29) is 6.09 Å². The first-order valence-electron chi connectivity index (χ1n) is 11.8. The Morgan fingerprint density at radius 1 is 1.13 bits per heavy atom. The lowest BCUT2D eigenvalue weighted by Gasteiger charge is -2.55. The van der Waals surface area contributed by atoms with E-state index >= 15 is 0 Å². The van der Waals surface area contributed by atoms with Crippen molar-refractivity contribution >= 4 is 6.09 Å². The number of amides is 1. The molecular formula is C25H38N2O3. The highest BCUT2D eigenvalue weighted by Crippen LogP contribution is 2.54. The molecule has 0 bridgehead atoms. The first-order valence-corrected chi connectivity index (χ1v) is 11.8. The van der Waals surface area contributed by atoms with Gasteiger partial charge >= 0.3 is 6.09 Å². The van der Waals surface area contributed by atoms with Crippen LogP contribution in [0.2, 0.25) is 0 Å². The van der Waals surface area contributed by atoms with Crippen molar-refractivity contribution in [1.29, 1.82) is 0 Å². The van der Waals surface area contributed by atoms with E-state index in [1.807, 2.05) is 25.7 Å². The Morgan fingerprint density at radius 3 is 2.50 bits per heavy atom. The van der Waals surface area contributed by atoms with Crippen molar-refractivity contribution in [3.63, 3.8) is 0 Å². The van der Waals surface area contributed by atoms with Crippen molar-refractivity contribution in [2.45, 2.75) is 83.9 Å². The van der Waals surface area contributed by atoms with Crippen LogP contribution in [0, 0.1) is 5.41 Å². The van der Waals surface area contributed by atoms with Crippen LogP contribution in [-0.2, 0) is 4.74 Å². The summed E-state index contributed by atoms with van der Waals surface area (Å²) in [6.07, 6.45) is 7.08. The number of hydrogen-bond donors (Lipinski definition) is 0. The standard InChI is InChI=1S/C25H38N2O3/c1-5-29-22-11-7-6-9-20(22)21-10-8-14-27(21)19-17-25(18-19)12-15-26(16-13-25)23(28)30-24(2,3)4/h6-7,9,11,19,21H,5,8,10,12-18H2,1-4H3. The summed E-state index contributed by atoms with van der Waals surface area (Å²) in [4.78, 5) is 17.0. The zero-order valence-corrected chi connectivity index (χ0v) is 19.2. The Hall–Kier alpha value is -1.75. The van der Waals surface area contributed by atoms with Gasteiger partial charge in [-0.05, 0) is 84.2 Å². The lowest BCUT2D eigenvalue weighted by molar-refractivity contribution is -0.0517. The summed E-state index contributed by atoms with van der Waals surface area (Å²) >= 11 is 0. The van der Waals surface area contributed by atoms with Crippen LogP contribution in [0.5, 0.6) is 5.75 Å². The van der Waals surface area contributed by atoms with Crippen LogP contribution in [-0.4, -0.2) is 53.8 Å². The average molecular weight is 415 g/mol. The summed E-state index contributed by atoms with van der Waals surface area (Å²) in [5, 5.41) is 0. The smallest absolute Gasteiger partial charge is 0.410 e. The first kappa shape index (κ1) is 21.5. The Bertz CT molecular complexity index is 741. The third-order valence-electron chi connectivity index (χ3n) is 7.15. The Kier molecular flexibility index (Phi) is 6.02. The summed E-state index contributed by atoms with van der Waals surface area (Å²) in [6.45, 7) is 11.4. The molecule has 1 aromatic carbocycles. The maximum Gasteiger partial charge on any atom is 0.410 e. The van der Waals surface area contributed by atoms with Gasteiger partial charge in [0.25, 0.3) is 0 Å². The van der Waals surface area contributed by atoms with Crippen molar-refractivity contribution in [1.82, 2.24) is 9.80 Å². The minimum atomic E-state index is -0.420. The molecule has 1 aliphatic carbocycles. The van der Waals surface area contributed by atoms with E-state index in [4.69, 9.17) is 9.47 Å². The monoisotopic (exact) mass is 414 g/mol. The fourth-order valence-electron chi connectivity index (χ4n) is 5.68. The molecule has 2 aliphatic heterocycles. The van der Waals surface area contributed by atoms with Crippen molar-refractivity contribution in [2.75, 3.05) is 26.2 Å². The van der Waals surface area contributed by atoms with E-state index in [0.717, 1.165) is 31.7 Å². The van der Waals surface area contributed by atoms with Crippen LogP contribution in [0.4, 0.5) is 4.79 Å². The first-order chi connectivity index (χ1) is 14.3. The number of piperidine rings is 1. The van der Waals surface area contributed by atoms with E-state index in [1.54, 1.807) is 0 Å². The van der Waals surface area contributed by atoms with Gasteiger partial charge in [-0.3, -0.25) is 4.90 Å². The van der Waals surface area contributed by atoms with Crippen LogP contribution in [0.25, 0.3) is 0 Å². The minimum absolute atomic E-state index is 0.152. The van der Waals surface area contributed by atoms with Crippen LogP contribution < -0.4 is 4.74 Å². The summed E-state index contributed by atoms with van der Waals surface area (Å²) in [5.74, 6) is 1.05. The largest absolute Gasteiger partial charge is 0.494 e. The van der Waals surface area contributed by atoms with Crippen LogP contribution in [0.1, 0.15) is 77.8 Å². The second-order valence-corrected chi connectivity index (χ2v) is 10.4. The fourth-order valence-corrected chi connectivity index (χ4v) is 5.68. The summed E-state index contributed by atoms with van der Waals surface area (Å²) in [5.41, 5.74) is 1.36. The number of para-hydroxylation sites is 1. The predicted octanol–water partition coefficient (Wildman–Crippen LogP) is 5.40. The average Bonchev–Trinajstić information content (AvgIpc) is 3.15. The molecule has 166 valence electrons. The van der Waals surface area contributed by atoms with Crippen molar-refractivity contribution in [3.05, 3.63) is 29.8 Å². The van der Waals surface area contributed by atoms with E-state index < -0.39 is 5.60 Å². The number of benzene rings is 1. The molecule has 2 saturated heterocycles. The quantitative estimate of drug-likeness (QED) is 0.661. The molecule has 5 heteroatoms. The number of likely N-dealkylation sites (tertiary alicyclic amines) is 2. The van der Waals surface area contributed by atoms with Gasteiger partial charge in [0, 0.05) is 30.7 Å². The van der Waals surface area contributed by atoms with Gasteiger partial charge in [-0.2, -0.15) is 0 Å². The van der Waals surface area contributed by atoms with Crippen molar-refractivity contribution < 1.29 is 14.3 Å². The highest BCUT2D eigenvalue weighted by Gasteiger charge is 2.50. The third kappa shape index (κ3) is 4.46. The highest BCUT2D eigenvalue weighted by molar-refractivity contribution is 5.68. The SMILES string of the molecule is CCOc1ccccc1C1CCCN1C1CC2(CCN(C(=O)OC(C)(C)C)CC2)C1. The molecule has 1 atom stereocenters. The second kappa shape index (κ2) is 8.41. The molecule has 1 aromatic rings. The maximum absolute atomic E-state index is 12.4. The fraction of sp³-hybridized carbons (Fsp3) is 0.720. The molecule has 2 heterocycles. The van der Waals surface area contributed by atoms with Crippen LogP contribution in [0.3, 0.4) is 0 Å². The molecule has 1 amide bonds. The Morgan fingerprint density at radius 2 is 1.83 bits per heavy atom. The summed E-state index contributed by atoms with van der Waals surface area (Å²) < 4.78 is 11.5. The minimum Gasteiger partial charge on any atom is -0.494 e. The third-order valence-corrected chi connectivity index (χ3v) is 7.15. The topological polar surface area (TPSA) is 42.0 Å². The molecule has 5 nitrogen and oxygen atoms in total. The highest BCUT2D eigenvalue weighted by atomic mass is 16.6. The molecular weight excluding hydrogens is 376 g/mol. The lowest BCUT2D eigenvalue weighted by Crippen LogP contribution is -2.55. The van der Waals surface area contributed by atoms with Gasteiger partial charge in [-0.15, -0.1) is 0 Å². The summed E-state index contributed by atoms with van der Waals surface area (Å²) in [7, 11) is 0. The number of rotatable bonds is 4. The number of hydrogen-bond acceptors (Lipinski definition) is 4. The second-order valence-electron chi connectivity index (χ2n) is 10.4. The zero-order chi connectivity index (χ0) is 21.4. The molecule has 3 fully saturated rings. The molecule has 0 aromatic heterocycles. The maximum atomic E-state index is 12.4. The van der Waals surface area contributed by atoms with Gasteiger partial charge in [0.05, 0.1) is 6.61 Å². The molecule has 1 unspecified atom stereocenters. The molecule has 0 N–H and O–H groups in total. The summed E-state index contributed by atoms with van der Waals surface area (Å²) in [6, 6.07) is 9.73. The molecule has 1 spiro atoms. The van der Waals surface area contributed by atoms with Gasteiger partial charge in [-0.1, -0.05) is 18.2 Å². The number of ether oxygens (including phenoxy) is 2. The van der Waals surface area contributed by atoms with E-state index in [0.29, 0.717) is 24.1 Å². The normalized spacial score (nSPS) is 24.7. The van der Waals surface area contributed by atoms with Gasteiger partial charge in [-0.25, -0.2) is 4.79 Å². The zero-order valence-electron chi connectivity index (χ0n) is 19.2. The van der Waals surface area contributed by atoms with E-state index in [2.05, 4.69) is 36.1 Å². The van der Waals surface area contributed by atoms with E-state index in [9.17, 15) is 4.79 Å². The molecule has 1 saturated carbocycles. The van der Waals surface area contributed by atoms with Gasteiger partial charge < -0.3 is 14.4 Å². The Balaban J connectivity index is 1.34. The number of nitrogens with zero attached hydrogens (tertiary/aromatic N) is 2. The lowest BCUT2D eigenvalue weighted by atomic mass is 9.60. The van der Waals surface area contributed by atoms with E-state index in [1.165, 1.54) is 37.8 Å². The Labute approximate surface area is 181 Å². The van der Waals surface area contributed by atoms with Crippen molar-refractivity contribution in [2.24, 2.45) is 5.41 Å². The molecule has 4 rings (SSSR count). The number of carbonyl (C=O) groups is 1. The van der Waals surface area contributed by atoms with Gasteiger partial charge in [0.15, 0.2) is 0 Å². The molecule has 30 heavy (non-hydrogen) atoms. The van der Waals surface area contributed by atoms with Crippen molar-refractivity contribution in [3.8, 4) is 5.75 Å². The van der Waals surface area contributed by atoms with Crippen LogP contribution >= 0.6 is 0 Å².